The van der Waals surface area contributed by atoms with Crippen LogP contribution in [0.2, 0.25) is 0 Å². The Labute approximate surface area is 184 Å². The fourth-order valence-electron chi connectivity index (χ4n) is 3.02. The molecule has 6 atom stereocenters. The molecule has 0 spiro atoms. The Hall–Kier alpha value is -2.77. The van der Waals surface area contributed by atoms with Crippen LogP contribution >= 0.6 is 0 Å². The van der Waals surface area contributed by atoms with E-state index in [0.717, 1.165) is 12.7 Å². The average molecular weight is 456 g/mol. The largest absolute Gasteiger partial charge is 0.467 e. The fraction of sp³-hybridized carbons (Fsp3) is 0.550. The number of benzene rings is 1. The maximum Gasteiger partial charge on any atom is 0.408 e. The van der Waals surface area contributed by atoms with Crippen LogP contribution in [-0.4, -0.2) is 90.3 Å². The SMILES string of the molecule is COC(=O)[C@H](CO[C@@H]1O[C@H](CO)[C@@H](O)[C@H](O)[C@H]1NC(C)=O)NC(=O)OCc1ccccc1. The van der Waals surface area contributed by atoms with Gasteiger partial charge in [-0.25, -0.2) is 9.59 Å². The van der Waals surface area contributed by atoms with Crippen molar-refractivity contribution in [2.75, 3.05) is 20.3 Å². The first kappa shape index (κ1) is 25.5. The molecule has 0 radical (unpaired) electrons. The highest BCUT2D eigenvalue weighted by Gasteiger charge is 2.45. The van der Waals surface area contributed by atoms with Crippen LogP contribution < -0.4 is 10.6 Å². The van der Waals surface area contributed by atoms with E-state index < -0.39 is 67.9 Å². The number of aliphatic hydroxyl groups is 3. The van der Waals surface area contributed by atoms with Gasteiger partial charge in [0.15, 0.2) is 12.3 Å². The van der Waals surface area contributed by atoms with Crippen molar-refractivity contribution in [3.63, 3.8) is 0 Å². The number of carbonyl (C=O) groups is 3. The van der Waals surface area contributed by atoms with Gasteiger partial charge in [-0.3, -0.25) is 4.79 Å². The highest BCUT2D eigenvalue weighted by atomic mass is 16.7. The van der Waals surface area contributed by atoms with Crippen molar-refractivity contribution in [3.05, 3.63) is 35.9 Å². The van der Waals surface area contributed by atoms with Gasteiger partial charge < -0.3 is 44.9 Å². The molecule has 1 fully saturated rings. The van der Waals surface area contributed by atoms with Crippen molar-refractivity contribution in [1.82, 2.24) is 10.6 Å². The first-order valence-corrected chi connectivity index (χ1v) is 9.83. The number of carbonyl (C=O) groups excluding carboxylic acids is 3. The van der Waals surface area contributed by atoms with Crippen molar-refractivity contribution in [2.24, 2.45) is 0 Å². The van der Waals surface area contributed by atoms with Gasteiger partial charge in [0.25, 0.3) is 0 Å². The molecule has 2 amide bonds. The quantitative estimate of drug-likeness (QED) is 0.273. The van der Waals surface area contributed by atoms with Crippen molar-refractivity contribution in [2.45, 2.75) is 50.2 Å². The number of aliphatic hydroxyl groups excluding tert-OH is 3. The van der Waals surface area contributed by atoms with E-state index in [-0.39, 0.29) is 6.61 Å². The number of hydrogen-bond acceptors (Lipinski definition) is 10. The Morgan fingerprint density at radius 1 is 1.16 bits per heavy atom. The molecule has 0 bridgehead atoms. The minimum atomic E-state index is -1.52. The second kappa shape index (κ2) is 12.3. The van der Waals surface area contributed by atoms with E-state index in [0.29, 0.717) is 0 Å². The van der Waals surface area contributed by atoms with E-state index in [1.807, 2.05) is 6.07 Å². The van der Waals surface area contributed by atoms with E-state index in [4.69, 9.17) is 14.2 Å². The van der Waals surface area contributed by atoms with E-state index >= 15 is 0 Å². The molecule has 1 aliphatic heterocycles. The third kappa shape index (κ3) is 7.14. The van der Waals surface area contributed by atoms with E-state index in [1.54, 1.807) is 24.3 Å². The van der Waals surface area contributed by atoms with E-state index in [2.05, 4.69) is 15.4 Å². The molecule has 5 N–H and O–H groups in total. The Morgan fingerprint density at radius 2 is 1.84 bits per heavy atom. The normalized spacial score (nSPS) is 26.0. The van der Waals surface area contributed by atoms with Gasteiger partial charge in [0.05, 0.1) is 20.3 Å². The van der Waals surface area contributed by atoms with Gasteiger partial charge in [-0.05, 0) is 5.56 Å². The summed E-state index contributed by atoms with van der Waals surface area (Å²) in [5, 5.41) is 34.4. The molecule has 0 aromatic heterocycles. The molecule has 1 aromatic carbocycles. The number of alkyl carbamates (subject to hydrolysis) is 1. The van der Waals surface area contributed by atoms with E-state index in [1.165, 1.54) is 6.92 Å². The zero-order valence-electron chi connectivity index (χ0n) is 17.7. The zero-order chi connectivity index (χ0) is 23.7. The molecule has 1 heterocycles. The number of amides is 2. The number of ether oxygens (including phenoxy) is 4. The Balaban J connectivity index is 2.01. The number of rotatable bonds is 9. The lowest BCUT2D eigenvalue weighted by Crippen LogP contribution is -2.65. The second-order valence-electron chi connectivity index (χ2n) is 7.05. The maximum absolute atomic E-state index is 12.1. The van der Waals surface area contributed by atoms with Crippen LogP contribution in [-0.2, 0) is 35.1 Å². The summed E-state index contributed by atoms with van der Waals surface area (Å²) in [5.41, 5.74) is 0.741. The number of nitrogens with one attached hydrogen (secondary N) is 2. The van der Waals surface area contributed by atoms with Gasteiger partial charge in [-0.2, -0.15) is 0 Å². The summed E-state index contributed by atoms with van der Waals surface area (Å²) in [6, 6.07) is 6.38. The Morgan fingerprint density at radius 3 is 2.44 bits per heavy atom. The second-order valence-corrected chi connectivity index (χ2v) is 7.05. The molecule has 0 saturated carbocycles. The third-order valence-electron chi connectivity index (χ3n) is 4.67. The van der Waals surface area contributed by atoms with Gasteiger partial charge in [0.1, 0.15) is 31.0 Å². The maximum atomic E-state index is 12.1. The molecule has 32 heavy (non-hydrogen) atoms. The summed E-state index contributed by atoms with van der Waals surface area (Å²) in [6.07, 6.45) is -6.45. The van der Waals surface area contributed by atoms with Crippen LogP contribution in [0.15, 0.2) is 30.3 Å². The van der Waals surface area contributed by atoms with E-state index in [9.17, 15) is 29.7 Å². The van der Waals surface area contributed by atoms with Crippen LogP contribution in [0.5, 0.6) is 0 Å². The van der Waals surface area contributed by atoms with Gasteiger partial charge in [-0.1, -0.05) is 30.3 Å². The molecule has 1 aliphatic rings. The molecular weight excluding hydrogens is 428 g/mol. The number of esters is 1. The fourth-order valence-corrected chi connectivity index (χ4v) is 3.02. The minimum absolute atomic E-state index is 0.0278. The van der Waals surface area contributed by atoms with Crippen LogP contribution in [0.4, 0.5) is 4.79 Å². The predicted octanol–water partition coefficient (Wildman–Crippen LogP) is -1.59. The van der Waals surface area contributed by atoms with Gasteiger partial charge >= 0.3 is 12.1 Å². The number of methoxy groups -OCH3 is 1. The first-order chi connectivity index (χ1) is 15.3. The van der Waals surface area contributed by atoms with Crippen LogP contribution in [0.1, 0.15) is 12.5 Å². The molecule has 0 aliphatic carbocycles. The molecule has 178 valence electrons. The van der Waals surface area contributed by atoms with Gasteiger partial charge in [0, 0.05) is 6.92 Å². The molecule has 0 unspecified atom stereocenters. The lowest BCUT2D eigenvalue weighted by molar-refractivity contribution is -0.271. The minimum Gasteiger partial charge on any atom is -0.467 e. The van der Waals surface area contributed by atoms with Gasteiger partial charge in [0.2, 0.25) is 5.91 Å². The van der Waals surface area contributed by atoms with Crippen LogP contribution in [0.25, 0.3) is 0 Å². The molecule has 1 aromatic rings. The third-order valence-corrected chi connectivity index (χ3v) is 4.67. The zero-order valence-corrected chi connectivity index (χ0v) is 17.7. The standard InChI is InChI=1S/C20H28N2O10/c1-11(24)21-15-17(26)16(25)14(8-23)32-19(15)30-10-13(18(27)29-2)22-20(28)31-9-12-6-4-3-5-7-12/h3-7,13-17,19,23,25-26H,8-10H2,1-2H3,(H,21,24)(H,22,28)/t13-,14+,15+,16+,17+,19+/m0/s1. The van der Waals surface area contributed by atoms with Crippen LogP contribution in [0.3, 0.4) is 0 Å². The molecule has 12 nitrogen and oxygen atoms in total. The summed E-state index contributed by atoms with van der Waals surface area (Å²) in [5.74, 6) is -1.37. The average Bonchev–Trinajstić information content (AvgIpc) is 2.79. The molecule has 12 heteroatoms. The summed E-state index contributed by atoms with van der Waals surface area (Å²) in [4.78, 5) is 35.7. The monoisotopic (exact) mass is 456 g/mol. The lowest BCUT2D eigenvalue weighted by Gasteiger charge is -2.42. The highest BCUT2D eigenvalue weighted by Crippen LogP contribution is 2.22. The first-order valence-electron chi connectivity index (χ1n) is 9.83. The lowest BCUT2D eigenvalue weighted by atomic mass is 9.97. The van der Waals surface area contributed by atoms with Crippen molar-refractivity contribution >= 4 is 18.0 Å². The summed E-state index contributed by atoms with van der Waals surface area (Å²) in [7, 11) is 1.12. The summed E-state index contributed by atoms with van der Waals surface area (Å²) >= 11 is 0. The molecule has 1 saturated heterocycles. The predicted molar refractivity (Wildman–Crippen MR) is 107 cm³/mol. The highest BCUT2D eigenvalue weighted by molar-refractivity contribution is 5.81. The Kier molecular flexibility index (Phi) is 9.81. The topological polar surface area (TPSA) is 173 Å². The smallest absolute Gasteiger partial charge is 0.408 e. The summed E-state index contributed by atoms with van der Waals surface area (Å²) in [6.45, 7) is 0.0556. The van der Waals surface area contributed by atoms with Crippen molar-refractivity contribution < 1.29 is 48.7 Å². The van der Waals surface area contributed by atoms with Crippen molar-refractivity contribution in [1.29, 1.82) is 0 Å². The van der Waals surface area contributed by atoms with Crippen molar-refractivity contribution in [3.8, 4) is 0 Å². The van der Waals surface area contributed by atoms with Crippen LogP contribution in [0, 0.1) is 0 Å². The van der Waals surface area contributed by atoms with Gasteiger partial charge in [-0.15, -0.1) is 0 Å². The summed E-state index contributed by atoms with van der Waals surface area (Å²) < 4.78 is 20.7. The Bertz CT molecular complexity index is 762. The molecular formula is C20H28N2O10. The number of hydrogen-bond donors (Lipinski definition) is 5. The molecule has 2 rings (SSSR count).